The third kappa shape index (κ3) is 6.81. The fourth-order valence-electron chi connectivity index (χ4n) is 2.42. The predicted molar refractivity (Wildman–Crippen MR) is 96.4 cm³/mol. The van der Waals surface area contributed by atoms with Crippen molar-refractivity contribution in [3.63, 3.8) is 0 Å². The molecule has 2 rings (SSSR count). The van der Waals surface area contributed by atoms with E-state index in [2.05, 4.69) is 10.3 Å². The Balaban J connectivity index is 1.76. The molecule has 144 valence electrons. The second kappa shape index (κ2) is 9.95. The molecule has 3 N–H and O–H groups in total. The maximum atomic E-state index is 11.8. The number of carboxylic acids is 1. The first kappa shape index (κ1) is 20.0. The topological polar surface area (TPSA) is 130 Å². The van der Waals surface area contributed by atoms with Crippen LogP contribution in [0.3, 0.4) is 0 Å². The van der Waals surface area contributed by atoms with Crippen LogP contribution in [0.1, 0.15) is 24.8 Å². The zero-order chi connectivity index (χ0) is 19.6. The van der Waals surface area contributed by atoms with E-state index in [4.69, 9.17) is 4.74 Å². The van der Waals surface area contributed by atoms with Crippen molar-refractivity contribution >= 4 is 12.1 Å². The first-order valence-electron chi connectivity index (χ1n) is 8.45. The Kier molecular flexibility index (Phi) is 7.36. The number of aryl methyl sites for hydroxylation is 1. The molecule has 2 aromatic rings. The van der Waals surface area contributed by atoms with E-state index in [-0.39, 0.29) is 13.0 Å². The lowest BCUT2D eigenvalue weighted by Crippen LogP contribution is -2.41. The van der Waals surface area contributed by atoms with Gasteiger partial charge in [0, 0.05) is 18.8 Å². The molecule has 1 heterocycles. The summed E-state index contributed by atoms with van der Waals surface area (Å²) in [6.07, 6.45) is 1.74. The normalized spacial score (nSPS) is 11.6. The number of carbonyl (C=O) groups is 2. The van der Waals surface area contributed by atoms with Gasteiger partial charge in [0.15, 0.2) is 0 Å². The number of aromatic amines is 1. The lowest BCUT2D eigenvalue weighted by atomic mass is 10.1. The molecule has 1 aromatic carbocycles. The molecule has 0 saturated heterocycles. The highest BCUT2D eigenvalue weighted by molar-refractivity contribution is 5.79. The highest BCUT2D eigenvalue weighted by atomic mass is 16.5. The highest BCUT2D eigenvalue weighted by Crippen LogP contribution is 2.05. The molecule has 1 atom stereocenters. The number of alkyl carbamates (subject to hydrolysis) is 1. The summed E-state index contributed by atoms with van der Waals surface area (Å²) in [5.41, 5.74) is -0.189. The van der Waals surface area contributed by atoms with Gasteiger partial charge in [-0.05, 0) is 24.8 Å². The van der Waals surface area contributed by atoms with Crippen molar-refractivity contribution < 1.29 is 19.4 Å². The Hall–Kier alpha value is -3.36. The Bertz CT molecular complexity index is 874. The van der Waals surface area contributed by atoms with Gasteiger partial charge in [0.25, 0.3) is 5.56 Å². The third-order valence-corrected chi connectivity index (χ3v) is 3.84. The Morgan fingerprint density at radius 1 is 1.15 bits per heavy atom. The van der Waals surface area contributed by atoms with E-state index in [0.717, 1.165) is 5.56 Å². The van der Waals surface area contributed by atoms with Gasteiger partial charge in [-0.15, -0.1) is 0 Å². The quantitative estimate of drug-likeness (QED) is 0.562. The summed E-state index contributed by atoms with van der Waals surface area (Å²) >= 11 is 0. The van der Waals surface area contributed by atoms with Crippen LogP contribution in [0.2, 0.25) is 0 Å². The van der Waals surface area contributed by atoms with Crippen molar-refractivity contribution in [2.24, 2.45) is 0 Å². The summed E-state index contributed by atoms with van der Waals surface area (Å²) in [5.74, 6) is -1.16. The van der Waals surface area contributed by atoms with Gasteiger partial charge in [0.1, 0.15) is 12.6 Å². The molecule has 0 bridgehead atoms. The van der Waals surface area contributed by atoms with Gasteiger partial charge in [0.05, 0.1) is 0 Å². The monoisotopic (exact) mass is 375 g/mol. The number of rotatable bonds is 9. The average Bonchev–Trinajstić information content (AvgIpc) is 2.64. The minimum absolute atomic E-state index is 0.0497. The number of benzene rings is 1. The van der Waals surface area contributed by atoms with E-state index in [0.29, 0.717) is 19.4 Å². The predicted octanol–water partition coefficient (Wildman–Crippen LogP) is 1.09. The molecular weight excluding hydrogens is 354 g/mol. The van der Waals surface area contributed by atoms with E-state index in [1.54, 1.807) is 12.1 Å². The molecule has 9 heteroatoms. The smallest absolute Gasteiger partial charge is 0.408 e. The second-order valence-corrected chi connectivity index (χ2v) is 5.90. The summed E-state index contributed by atoms with van der Waals surface area (Å²) in [5, 5.41) is 11.6. The molecule has 0 spiro atoms. The fraction of sp³-hybridized carbons (Fsp3) is 0.333. The largest absolute Gasteiger partial charge is 0.480 e. The number of unbranched alkanes of at least 4 members (excludes halogenated alkanes) is 1. The van der Waals surface area contributed by atoms with Gasteiger partial charge >= 0.3 is 17.8 Å². The van der Waals surface area contributed by atoms with Crippen LogP contribution in [0, 0.1) is 0 Å². The number of carboxylic acid groups (broad SMARTS) is 1. The van der Waals surface area contributed by atoms with E-state index in [1.807, 2.05) is 18.2 Å². The SMILES string of the molecule is O=C(NC(CCCCn1ccc(=O)[nH]c1=O)C(=O)O)OCc1ccccc1. The van der Waals surface area contributed by atoms with Crippen LogP contribution < -0.4 is 16.6 Å². The molecular formula is C18H21N3O6. The van der Waals surface area contributed by atoms with E-state index >= 15 is 0 Å². The number of nitrogens with one attached hydrogen (secondary N) is 2. The first-order chi connectivity index (χ1) is 13.0. The second-order valence-electron chi connectivity index (χ2n) is 5.90. The maximum Gasteiger partial charge on any atom is 0.408 e. The molecule has 9 nitrogen and oxygen atoms in total. The molecule has 0 saturated carbocycles. The molecule has 1 amide bonds. The van der Waals surface area contributed by atoms with Crippen LogP contribution in [0.15, 0.2) is 52.2 Å². The summed E-state index contributed by atoms with van der Waals surface area (Å²) in [6.45, 7) is 0.383. The number of aromatic nitrogens is 2. The summed E-state index contributed by atoms with van der Waals surface area (Å²) in [7, 11) is 0. The van der Waals surface area contributed by atoms with E-state index in [9.17, 15) is 24.3 Å². The Morgan fingerprint density at radius 2 is 1.89 bits per heavy atom. The molecule has 27 heavy (non-hydrogen) atoms. The molecule has 0 radical (unpaired) electrons. The molecule has 1 aromatic heterocycles. The van der Waals surface area contributed by atoms with Gasteiger partial charge < -0.3 is 19.7 Å². The molecule has 0 aliphatic heterocycles. The van der Waals surface area contributed by atoms with E-state index < -0.39 is 29.4 Å². The minimum atomic E-state index is -1.16. The number of ether oxygens (including phenoxy) is 1. The van der Waals surface area contributed by atoms with Crippen molar-refractivity contribution in [3.8, 4) is 0 Å². The van der Waals surface area contributed by atoms with E-state index in [1.165, 1.54) is 16.8 Å². The lowest BCUT2D eigenvalue weighted by molar-refractivity contribution is -0.139. The highest BCUT2D eigenvalue weighted by Gasteiger charge is 2.20. The van der Waals surface area contributed by atoms with Crippen LogP contribution in [0.5, 0.6) is 0 Å². The number of hydrogen-bond donors (Lipinski definition) is 3. The number of amides is 1. The van der Waals surface area contributed by atoms with Crippen LogP contribution in [0.25, 0.3) is 0 Å². The van der Waals surface area contributed by atoms with Crippen molar-refractivity contribution in [2.75, 3.05) is 0 Å². The Labute approximate surface area is 154 Å². The van der Waals surface area contributed by atoms with Crippen LogP contribution in [-0.4, -0.2) is 32.8 Å². The lowest BCUT2D eigenvalue weighted by Gasteiger charge is -2.14. The first-order valence-corrected chi connectivity index (χ1v) is 8.45. The zero-order valence-corrected chi connectivity index (χ0v) is 14.6. The van der Waals surface area contributed by atoms with Gasteiger partial charge in [-0.1, -0.05) is 30.3 Å². The third-order valence-electron chi connectivity index (χ3n) is 3.84. The van der Waals surface area contributed by atoms with Gasteiger partial charge in [-0.3, -0.25) is 9.78 Å². The summed E-state index contributed by atoms with van der Waals surface area (Å²) in [6, 6.07) is 9.20. The maximum absolute atomic E-state index is 11.8. The molecule has 0 aliphatic carbocycles. The van der Waals surface area contributed by atoms with Gasteiger partial charge in [0.2, 0.25) is 0 Å². The number of aliphatic carboxylic acids is 1. The standard InChI is InChI=1S/C18H21N3O6/c22-15-9-11-21(17(25)20-15)10-5-4-8-14(16(23)24)19-18(26)27-12-13-6-2-1-3-7-13/h1-3,6-7,9,11,14H,4-5,8,10,12H2,(H,19,26)(H,23,24)(H,20,22,25). The van der Waals surface area contributed by atoms with Crippen molar-refractivity contribution in [1.29, 1.82) is 0 Å². The summed E-state index contributed by atoms with van der Waals surface area (Å²) < 4.78 is 6.35. The number of H-pyrrole nitrogens is 1. The van der Waals surface area contributed by atoms with Crippen molar-refractivity contribution in [1.82, 2.24) is 14.9 Å². The number of nitrogens with zero attached hydrogens (tertiary/aromatic N) is 1. The fourth-order valence-corrected chi connectivity index (χ4v) is 2.42. The molecule has 0 aliphatic rings. The van der Waals surface area contributed by atoms with Crippen LogP contribution in [-0.2, 0) is 22.7 Å². The van der Waals surface area contributed by atoms with Crippen LogP contribution >= 0.6 is 0 Å². The van der Waals surface area contributed by atoms with Gasteiger partial charge in [-0.25, -0.2) is 14.4 Å². The van der Waals surface area contributed by atoms with Crippen molar-refractivity contribution in [3.05, 3.63) is 69.0 Å². The number of carbonyl (C=O) groups excluding carboxylic acids is 1. The van der Waals surface area contributed by atoms with Crippen LogP contribution in [0.4, 0.5) is 4.79 Å². The Morgan fingerprint density at radius 3 is 2.56 bits per heavy atom. The minimum Gasteiger partial charge on any atom is -0.480 e. The zero-order valence-electron chi connectivity index (χ0n) is 14.6. The average molecular weight is 375 g/mol. The number of hydrogen-bond acceptors (Lipinski definition) is 5. The molecule has 1 unspecified atom stereocenters. The van der Waals surface area contributed by atoms with Crippen molar-refractivity contribution in [2.45, 2.75) is 38.5 Å². The summed E-state index contributed by atoms with van der Waals surface area (Å²) in [4.78, 5) is 47.8. The van der Waals surface area contributed by atoms with Gasteiger partial charge in [-0.2, -0.15) is 0 Å². The molecule has 0 fully saturated rings.